The molecule has 4 aromatic heterocycles. The van der Waals surface area contributed by atoms with Crippen LogP contribution in [-0.2, 0) is 6.42 Å². The molecule has 0 bridgehead atoms. The van der Waals surface area contributed by atoms with Gasteiger partial charge in [0.2, 0.25) is 5.65 Å². The third-order valence-corrected chi connectivity index (χ3v) is 7.75. The summed E-state index contributed by atoms with van der Waals surface area (Å²) in [5.74, 6) is 0. The van der Waals surface area contributed by atoms with Gasteiger partial charge in [0.1, 0.15) is 5.52 Å². The fourth-order valence-corrected chi connectivity index (χ4v) is 5.92. The Labute approximate surface area is 207 Å². The quantitative estimate of drug-likeness (QED) is 0.169. The van der Waals surface area contributed by atoms with Crippen molar-refractivity contribution in [2.75, 3.05) is 0 Å². The van der Waals surface area contributed by atoms with Crippen LogP contribution in [0.4, 0.5) is 0 Å². The molecule has 0 aliphatic heterocycles. The van der Waals surface area contributed by atoms with Crippen molar-refractivity contribution in [2.24, 2.45) is 0 Å². The first-order chi connectivity index (χ1) is 17.3. The van der Waals surface area contributed by atoms with Crippen molar-refractivity contribution in [1.82, 2.24) is 30.6 Å². The molecule has 2 aromatic carbocycles. The molecule has 0 aliphatic rings. The van der Waals surface area contributed by atoms with Crippen LogP contribution >= 0.6 is 11.3 Å². The highest BCUT2D eigenvalue weighted by molar-refractivity contribution is 7.15. The second kappa shape index (κ2) is 9.58. The Morgan fingerprint density at radius 3 is 2.49 bits per heavy atom. The van der Waals surface area contributed by atoms with Crippen molar-refractivity contribution >= 4 is 55.2 Å². The molecule has 0 radical (unpaired) electrons. The van der Waals surface area contributed by atoms with Crippen LogP contribution in [0, 0.1) is 0 Å². The average molecular weight is 479 g/mol. The van der Waals surface area contributed by atoms with Gasteiger partial charge in [-0.05, 0) is 64.4 Å². The van der Waals surface area contributed by atoms with Gasteiger partial charge in [-0.15, -0.1) is 21.5 Å². The number of rotatable bonds is 8. The molecule has 0 saturated carbocycles. The fraction of sp³-hybridized carbons (Fsp3) is 0.286. The van der Waals surface area contributed by atoms with Crippen molar-refractivity contribution in [2.45, 2.75) is 51.9 Å². The first kappa shape index (κ1) is 21.9. The molecular weight excluding hydrogens is 452 g/mol. The van der Waals surface area contributed by atoms with Crippen LogP contribution in [0.2, 0.25) is 0 Å². The summed E-state index contributed by atoms with van der Waals surface area (Å²) in [6, 6.07) is 19.4. The third kappa shape index (κ3) is 4.32. The van der Waals surface area contributed by atoms with E-state index in [1.54, 1.807) is 0 Å². The molecule has 0 spiro atoms. The van der Waals surface area contributed by atoms with Gasteiger partial charge in [0.25, 0.3) is 0 Å². The van der Waals surface area contributed by atoms with Gasteiger partial charge < -0.3 is 0 Å². The summed E-state index contributed by atoms with van der Waals surface area (Å²) >= 11 is 1.89. The molecule has 6 rings (SSSR count). The van der Waals surface area contributed by atoms with Gasteiger partial charge >= 0.3 is 0 Å². The molecule has 0 N–H and O–H groups in total. The molecule has 4 heterocycles. The number of hydrogen-bond donors (Lipinski definition) is 0. The Bertz CT molecular complexity index is 1660. The first-order valence-corrected chi connectivity index (χ1v) is 13.2. The van der Waals surface area contributed by atoms with Gasteiger partial charge in [0.15, 0.2) is 5.65 Å². The number of aromatic nitrogens is 6. The number of hydrogen-bond acceptors (Lipinski definition) is 7. The number of unbranched alkanes of at least 4 members (excludes halogenated alkanes) is 5. The normalized spacial score (nSPS) is 11.8. The van der Waals surface area contributed by atoms with E-state index in [1.807, 2.05) is 17.4 Å². The lowest BCUT2D eigenvalue weighted by Crippen LogP contribution is -1.97. The van der Waals surface area contributed by atoms with E-state index >= 15 is 0 Å². The van der Waals surface area contributed by atoms with Crippen LogP contribution < -0.4 is 0 Å². The number of pyridine rings is 2. The maximum atomic E-state index is 5.05. The number of fused-ring (bicyclic) bond motifs is 4. The zero-order chi connectivity index (χ0) is 23.6. The maximum Gasteiger partial charge on any atom is 0.206 e. The van der Waals surface area contributed by atoms with E-state index in [1.165, 1.54) is 64.6 Å². The van der Waals surface area contributed by atoms with Crippen LogP contribution in [0.15, 0.2) is 54.6 Å². The van der Waals surface area contributed by atoms with Crippen LogP contribution in [-0.4, -0.2) is 30.6 Å². The maximum absolute atomic E-state index is 5.05. The molecule has 0 atom stereocenters. The van der Waals surface area contributed by atoms with E-state index in [9.17, 15) is 0 Å². The average Bonchev–Trinajstić information content (AvgIpc) is 3.35. The smallest absolute Gasteiger partial charge is 0.206 e. The summed E-state index contributed by atoms with van der Waals surface area (Å²) in [6.45, 7) is 2.27. The van der Waals surface area contributed by atoms with Gasteiger partial charge in [-0.25, -0.2) is 9.97 Å². The van der Waals surface area contributed by atoms with Crippen LogP contribution in [0.3, 0.4) is 0 Å². The SMILES string of the molecule is CCCCCCCCc1ccc(-c2c3ccccc3cc3cc4cc5nnnnc5nc4nc23)s1. The van der Waals surface area contributed by atoms with Gasteiger partial charge in [0.05, 0.1) is 5.52 Å². The lowest BCUT2D eigenvalue weighted by molar-refractivity contribution is 0.609. The largest absolute Gasteiger partial charge is 0.227 e. The van der Waals surface area contributed by atoms with E-state index in [0.717, 1.165) is 22.7 Å². The molecule has 0 fully saturated rings. The highest BCUT2D eigenvalue weighted by Gasteiger charge is 2.15. The molecule has 7 heteroatoms. The first-order valence-electron chi connectivity index (χ1n) is 12.4. The third-order valence-electron chi connectivity index (χ3n) is 6.59. The summed E-state index contributed by atoms with van der Waals surface area (Å²) in [6.07, 6.45) is 9.05. The van der Waals surface area contributed by atoms with E-state index in [4.69, 9.17) is 4.98 Å². The highest BCUT2D eigenvalue weighted by Crippen LogP contribution is 2.40. The van der Waals surface area contributed by atoms with Crippen LogP contribution in [0.1, 0.15) is 50.3 Å². The molecule has 6 nitrogen and oxygen atoms in total. The van der Waals surface area contributed by atoms with Gasteiger partial charge in [-0.1, -0.05) is 63.3 Å². The summed E-state index contributed by atoms with van der Waals surface area (Å²) in [5.41, 5.74) is 3.87. The summed E-state index contributed by atoms with van der Waals surface area (Å²) < 4.78 is 0. The zero-order valence-electron chi connectivity index (χ0n) is 19.7. The molecule has 6 aromatic rings. The van der Waals surface area contributed by atoms with E-state index in [2.05, 4.69) is 81.1 Å². The van der Waals surface area contributed by atoms with Crippen molar-refractivity contribution in [3.05, 3.63) is 59.5 Å². The zero-order valence-corrected chi connectivity index (χ0v) is 20.6. The highest BCUT2D eigenvalue weighted by atomic mass is 32.1. The summed E-state index contributed by atoms with van der Waals surface area (Å²) in [4.78, 5) is 12.4. The van der Waals surface area contributed by atoms with Crippen molar-refractivity contribution in [3.63, 3.8) is 0 Å². The minimum Gasteiger partial charge on any atom is -0.227 e. The molecule has 0 amide bonds. The number of aryl methyl sites for hydroxylation is 1. The summed E-state index contributed by atoms with van der Waals surface area (Å²) in [7, 11) is 0. The van der Waals surface area contributed by atoms with E-state index in [-0.39, 0.29) is 0 Å². The van der Waals surface area contributed by atoms with Crippen molar-refractivity contribution < 1.29 is 0 Å². The van der Waals surface area contributed by atoms with Gasteiger partial charge in [-0.2, -0.15) is 0 Å². The minimum atomic E-state index is 0.457. The Kier molecular flexibility index (Phi) is 6.00. The number of benzene rings is 2. The molecule has 0 saturated heterocycles. The fourth-order valence-electron chi connectivity index (χ4n) is 4.81. The predicted octanol–water partition coefficient (Wildman–Crippen LogP) is 7.30. The predicted molar refractivity (Wildman–Crippen MR) is 144 cm³/mol. The lowest BCUT2D eigenvalue weighted by atomic mass is 9.98. The second-order valence-electron chi connectivity index (χ2n) is 9.07. The minimum absolute atomic E-state index is 0.457. The lowest BCUT2D eigenvalue weighted by Gasteiger charge is -2.11. The van der Waals surface area contributed by atoms with Gasteiger partial charge in [-0.3, -0.25) is 0 Å². The Hall–Kier alpha value is -3.58. The monoisotopic (exact) mass is 478 g/mol. The summed E-state index contributed by atoms with van der Waals surface area (Å²) in [5, 5.41) is 19.8. The molecule has 0 unspecified atom stereocenters. The Balaban J connectivity index is 1.44. The van der Waals surface area contributed by atoms with E-state index < -0.39 is 0 Å². The van der Waals surface area contributed by atoms with Crippen molar-refractivity contribution in [1.29, 1.82) is 0 Å². The Morgan fingerprint density at radius 2 is 1.54 bits per heavy atom. The van der Waals surface area contributed by atoms with Crippen molar-refractivity contribution in [3.8, 4) is 10.4 Å². The number of thiophene rings is 1. The van der Waals surface area contributed by atoms with Gasteiger partial charge in [0, 0.05) is 26.1 Å². The standard InChI is InChI=1S/C28H26N6S/c1-2-3-4-5-6-7-11-21-13-14-24(35-21)25-22-12-9-8-10-18(22)15-19-16-20-17-23-28(32-34-33-31-23)30-27(20)29-26(19)25/h8-10,12-17H,2-7,11H2,1H3. The molecule has 174 valence electrons. The number of nitrogens with zero attached hydrogens (tertiary/aromatic N) is 6. The molecular formula is C28H26N6S. The van der Waals surface area contributed by atoms with Crippen LogP contribution in [0.5, 0.6) is 0 Å². The van der Waals surface area contributed by atoms with Crippen LogP contribution in [0.25, 0.3) is 54.3 Å². The second-order valence-corrected chi connectivity index (χ2v) is 10.2. The molecule has 35 heavy (non-hydrogen) atoms. The van der Waals surface area contributed by atoms with E-state index in [0.29, 0.717) is 16.8 Å². The topological polar surface area (TPSA) is 77.3 Å². The Morgan fingerprint density at radius 1 is 0.714 bits per heavy atom. The molecule has 0 aliphatic carbocycles.